The molecule has 4 saturated carbocycles. The maximum atomic E-state index is 13.1. The number of rotatable bonds is 12. The van der Waals surface area contributed by atoms with Gasteiger partial charge in [0.2, 0.25) is 17.6 Å². The van der Waals surface area contributed by atoms with Gasteiger partial charge in [-0.1, -0.05) is 0 Å². The van der Waals surface area contributed by atoms with E-state index < -0.39 is 41.5 Å². The molecule has 4 amide bonds. The molecule has 0 spiro atoms. The molecule has 0 radical (unpaired) electrons. The van der Waals surface area contributed by atoms with Crippen LogP contribution in [0.5, 0.6) is 0 Å². The number of Topliss-reactive ketones (excluding diaryl/α,β-unsaturated/α-hetero) is 1. The van der Waals surface area contributed by atoms with Gasteiger partial charge < -0.3 is 37.0 Å². The lowest BCUT2D eigenvalue weighted by molar-refractivity contribution is -0.136. The molecule has 4 fully saturated rings. The number of likely N-dealkylation sites (N-methyl/N-ethyl adjacent to an activating group) is 1. The van der Waals surface area contributed by atoms with Gasteiger partial charge in [-0.3, -0.25) is 28.8 Å². The fourth-order valence-corrected chi connectivity index (χ4v) is 6.78. The van der Waals surface area contributed by atoms with E-state index in [1.54, 1.807) is 0 Å². The van der Waals surface area contributed by atoms with Crippen LogP contribution in [0.2, 0.25) is 0 Å². The summed E-state index contributed by atoms with van der Waals surface area (Å²) < 4.78 is 1.20. The molecule has 9 N–H and O–H groups in total. The van der Waals surface area contributed by atoms with Gasteiger partial charge in [-0.05, 0) is 74.3 Å². The number of hydrogen-bond acceptors (Lipinski definition) is 9. The molecule has 0 aromatic carbocycles. The number of amides is 4. The monoisotopic (exact) mass is 570 g/mol. The van der Waals surface area contributed by atoms with E-state index in [4.69, 9.17) is 17.3 Å². The fraction of sp³-hybridized carbons (Fsp3) is 0.556. The topological polar surface area (TPSA) is 225 Å². The van der Waals surface area contributed by atoms with Gasteiger partial charge in [-0.2, -0.15) is 0 Å². The molecule has 1 aromatic rings. The third-order valence-electron chi connectivity index (χ3n) is 8.47. The van der Waals surface area contributed by atoms with E-state index in [1.807, 2.05) is 0 Å². The van der Waals surface area contributed by atoms with E-state index in [0.29, 0.717) is 11.8 Å². The van der Waals surface area contributed by atoms with Crippen LogP contribution in [-0.2, 0) is 30.5 Å². The first-order valence-electron chi connectivity index (χ1n) is 13.8. The third kappa shape index (κ3) is 6.93. The Balaban J connectivity index is 1.42. The smallest absolute Gasteiger partial charge is 0.284 e. The highest BCUT2D eigenvalue weighted by atomic mass is 16.2. The maximum Gasteiger partial charge on any atom is 0.284 e. The van der Waals surface area contributed by atoms with E-state index in [2.05, 4.69) is 16.0 Å². The minimum atomic E-state index is -1.35. The van der Waals surface area contributed by atoms with Crippen molar-refractivity contribution in [1.29, 1.82) is 0 Å². The van der Waals surface area contributed by atoms with E-state index in [-0.39, 0.29) is 36.3 Å². The maximum absolute atomic E-state index is 13.1. The summed E-state index contributed by atoms with van der Waals surface area (Å²) in [6.07, 6.45) is 7.55. The highest BCUT2D eigenvalue weighted by Gasteiger charge is 2.48. The number of hydrogen-bond donors (Lipinski definition) is 6. The highest BCUT2D eigenvalue weighted by Crippen LogP contribution is 2.53. The molecule has 4 aliphatic rings. The number of pyridine rings is 1. The molecule has 1 atom stereocenters. The lowest BCUT2D eigenvalue weighted by Gasteiger charge is -2.54. The van der Waals surface area contributed by atoms with Crippen molar-refractivity contribution in [2.75, 3.05) is 12.4 Å². The molecule has 5 rings (SSSR count). The molecule has 0 aliphatic heterocycles. The third-order valence-corrected chi connectivity index (χ3v) is 8.47. The quantitative estimate of drug-likeness (QED) is 0.0755. The average molecular weight is 571 g/mol. The SMILES string of the molecule is CN(N)/C(=C\N)C(=O)N[C@@H](CCC(=O)C(N)=O)C(=O)Nc1cccn(CC(=O)NC2C3CC4CC(C3)CC2C4)c1=O. The molecular weight excluding hydrogens is 532 g/mol. The predicted octanol–water partition coefficient (Wildman–Crippen LogP) is -1.35. The zero-order chi connectivity index (χ0) is 29.8. The van der Waals surface area contributed by atoms with Gasteiger partial charge >= 0.3 is 0 Å². The Morgan fingerprint density at radius 3 is 2.29 bits per heavy atom. The molecule has 4 bridgehead atoms. The van der Waals surface area contributed by atoms with Gasteiger partial charge in [0.25, 0.3) is 17.4 Å². The molecule has 1 aromatic heterocycles. The first-order valence-corrected chi connectivity index (χ1v) is 13.8. The average Bonchev–Trinajstić information content (AvgIpc) is 2.90. The van der Waals surface area contributed by atoms with Crippen LogP contribution in [0.4, 0.5) is 5.69 Å². The summed E-state index contributed by atoms with van der Waals surface area (Å²) in [6.45, 7) is -0.216. The van der Waals surface area contributed by atoms with Crippen LogP contribution in [0, 0.1) is 23.7 Å². The van der Waals surface area contributed by atoms with Crippen LogP contribution in [-0.4, -0.2) is 58.1 Å². The number of ketones is 1. The number of nitrogens with zero attached hydrogens (tertiary/aromatic N) is 2. The highest BCUT2D eigenvalue weighted by molar-refractivity contribution is 6.35. The van der Waals surface area contributed by atoms with Gasteiger partial charge in [-0.25, -0.2) is 5.84 Å². The summed E-state index contributed by atoms with van der Waals surface area (Å²) >= 11 is 0. The Morgan fingerprint density at radius 1 is 1.10 bits per heavy atom. The van der Waals surface area contributed by atoms with E-state index in [0.717, 1.165) is 48.7 Å². The Morgan fingerprint density at radius 2 is 1.73 bits per heavy atom. The predicted molar refractivity (Wildman–Crippen MR) is 148 cm³/mol. The van der Waals surface area contributed by atoms with Crippen LogP contribution in [0.25, 0.3) is 0 Å². The van der Waals surface area contributed by atoms with E-state index in [1.165, 1.54) is 36.4 Å². The number of aromatic nitrogens is 1. The number of primary amides is 1. The van der Waals surface area contributed by atoms with Crippen LogP contribution in [0.1, 0.15) is 44.9 Å². The van der Waals surface area contributed by atoms with Gasteiger partial charge in [0, 0.05) is 31.9 Å². The summed E-state index contributed by atoms with van der Waals surface area (Å²) in [5, 5.41) is 8.95. The molecule has 4 aliphatic carbocycles. The van der Waals surface area contributed by atoms with E-state index >= 15 is 0 Å². The van der Waals surface area contributed by atoms with Gasteiger partial charge in [0.15, 0.2) is 0 Å². The van der Waals surface area contributed by atoms with Crippen LogP contribution < -0.4 is 38.8 Å². The molecule has 14 heteroatoms. The number of nitrogens with one attached hydrogen (secondary N) is 3. The summed E-state index contributed by atoms with van der Waals surface area (Å²) in [6, 6.07) is 1.64. The van der Waals surface area contributed by atoms with Gasteiger partial charge in [0.05, 0.1) is 0 Å². The summed E-state index contributed by atoms with van der Waals surface area (Å²) in [4.78, 5) is 74.8. The number of carbonyl (C=O) groups excluding carboxylic acids is 5. The van der Waals surface area contributed by atoms with E-state index in [9.17, 15) is 28.8 Å². The molecule has 222 valence electrons. The van der Waals surface area contributed by atoms with Crippen molar-refractivity contribution in [1.82, 2.24) is 20.2 Å². The lowest BCUT2D eigenvalue weighted by atomic mass is 9.54. The van der Waals surface area contributed by atoms with Crippen molar-refractivity contribution >= 4 is 35.1 Å². The van der Waals surface area contributed by atoms with Crippen molar-refractivity contribution in [2.24, 2.45) is 41.0 Å². The second-order valence-corrected chi connectivity index (χ2v) is 11.4. The fourth-order valence-electron chi connectivity index (χ4n) is 6.78. The number of nitrogens with two attached hydrogens (primary N) is 3. The molecular formula is C27H38N8O6. The van der Waals surface area contributed by atoms with Crippen molar-refractivity contribution in [3.63, 3.8) is 0 Å². The molecule has 0 unspecified atom stereocenters. The minimum Gasteiger partial charge on any atom is -0.403 e. The molecule has 14 nitrogen and oxygen atoms in total. The van der Waals surface area contributed by atoms with Crippen molar-refractivity contribution in [3.05, 3.63) is 40.6 Å². The van der Waals surface area contributed by atoms with Crippen molar-refractivity contribution in [2.45, 2.75) is 63.6 Å². The van der Waals surface area contributed by atoms with Gasteiger partial charge in [0.1, 0.15) is 24.0 Å². The first-order chi connectivity index (χ1) is 19.5. The van der Waals surface area contributed by atoms with Crippen LogP contribution >= 0.6 is 0 Å². The first kappa shape index (κ1) is 29.8. The standard InChI is InChI=1S/C27H38N8O6/c1-34(30)20(12-28)26(40)31-18(4-5-21(36)24(29)38)25(39)32-19-3-2-6-35(27(19)41)13-22(37)33-23-16-8-14-7-15(10-16)11-17(23)9-14/h2-3,6,12,14-18,23H,4-5,7-11,13,28,30H2,1H3,(H2,29,38)(H,31,40)(H,32,39)(H,33,37)/b20-12-/t14?,15?,16?,17?,18-,23?/m0/s1. The Labute approximate surface area is 237 Å². The Hall–Kier alpha value is -4.20. The lowest BCUT2D eigenvalue weighted by Crippen LogP contribution is -2.56. The number of anilines is 1. The molecule has 0 saturated heterocycles. The zero-order valence-electron chi connectivity index (χ0n) is 23.0. The normalized spacial score (nSPS) is 25.2. The van der Waals surface area contributed by atoms with Crippen molar-refractivity contribution < 1.29 is 24.0 Å². The van der Waals surface area contributed by atoms with Crippen molar-refractivity contribution in [3.8, 4) is 0 Å². The summed E-state index contributed by atoms with van der Waals surface area (Å²) in [5.41, 5.74) is 9.52. The largest absolute Gasteiger partial charge is 0.403 e. The summed E-state index contributed by atoms with van der Waals surface area (Å²) in [7, 11) is 1.36. The molecule has 41 heavy (non-hydrogen) atoms. The minimum absolute atomic E-state index is 0.126. The Kier molecular flexibility index (Phi) is 9.11. The number of hydrazine groups is 1. The van der Waals surface area contributed by atoms with Crippen LogP contribution in [0.15, 0.2) is 35.0 Å². The van der Waals surface area contributed by atoms with Gasteiger partial charge in [-0.15, -0.1) is 0 Å². The second-order valence-electron chi connectivity index (χ2n) is 11.4. The zero-order valence-corrected chi connectivity index (χ0v) is 23.0. The Bertz CT molecular complexity index is 1280. The summed E-state index contributed by atoms with van der Waals surface area (Å²) in [5.74, 6) is 4.05. The van der Waals surface area contributed by atoms with Crippen LogP contribution in [0.3, 0.4) is 0 Å². The number of carbonyl (C=O) groups is 5. The molecule has 1 heterocycles. The second kappa shape index (κ2) is 12.5.